The predicted octanol–water partition coefficient (Wildman–Crippen LogP) is 2.61. The number of ether oxygens (including phenoxy) is 1. The maximum Gasteiger partial charge on any atom is 0.407 e. The number of carbonyl (C=O) groups is 2. The number of unbranched alkanes of at least 4 members (excludes halogenated alkanes) is 7. The molecule has 23 heavy (non-hydrogen) atoms. The van der Waals surface area contributed by atoms with Crippen LogP contribution in [0.3, 0.4) is 0 Å². The van der Waals surface area contributed by atoms with Crippen LogP contribution in [0.15, 0.2) is 0 Å². The molecule has 0 rings (SSSR count). The van der Waals surface area contributed by atoms with Gasteiger partial charge in [0.1, 0.15) is 6.54 Å². The van der Waals surface area contributed by atoms with Crippen LogP contribution in [-0.4, -0.2) is 40.7 Å². The van der Waals surface area contributed by atoms with E-state index in [2.05, 4.69) is 17.6 Å². The summed E-state index contributed by atoms with van der Waals surface area (Å²) in [6, 6.07) is 0. The summed E-state index contributed by atoms with van der Waals surface area (Å²) >= 11 is 0. The second-order valence-electron chi connectivity index (χ2n) is 5.53. The first-order valence-electron chi connectivity index (χ1n) is 8.34. The fourth-order valence-electron chi connectivity index (χ4n) is 1.95. The second kappa shape index (κ2) is 14.7. The summed E-state index contributed by atoms with van der Waals surface area (Å²) in [5.74, 6) is -1.22. The monoisotopic (exact) mass is 350 g/mol. The lowest BCUT2D eigenvalue weighted by Gasteiger charge is -2.14. The molecule has 0 aromatic rings. The van der Waals surface area contributed by atoms with Crippen molar-refractivity contribution in [3.8, 4) is 0 Å². The van der Waals surface area contributed by atoms with Gasteiger partial charge in [-0.15, -0.1) is 0 Å². The zero-order valence-corrected chi connectivity index (χ0v) is 15.1. The molecule has 0 heterocycles. The maximum absolute atomic E-state index is 11.4. The average molecular weight is 350 g/mol. The maximum atomic E-state index is 11.4. The van der Waals surface area contributed by atoms with Gasteiger partial charge in [0.15, 0.2) is 8.38 Å². The highest BCUT2D eigenvalue weighted by atomic mass is 31.2. The summed E-state index contributed by atoms with van der Waals surface area (Å²) in [5.41, 5.74) is 0. The summed E-state index contributed by atoms with van der Waals surface area (Å²) < 4.78 is 4.97. The van der Waals surface area contributed by atoms with Gasteiger partial charge < -0.3 is 25.2 Å². The van der Waals surface area contributed by atoms with Crippen LogP contribution < -0.4 is 10.6 Å². The Morgan fingerprint density at radius 1 is 1.04 bits per heavy atom. The van der Waals surface area contributed by atoms with Gasteiger partial charge in [-0.05, 0) is 13.3 Å². The van der Waals surface area contributed by atoms with E-state index in [9.17, 15) is 9.59 Å². The Kier molecular flexibility index (Phi) is 14.1. The van der Waals surface area contributed by atoms with Crippen molar-refractivity contribution < 1.29 is 24.1 Å². The molecular formula is C15H31N2O5P. The third kappa shape index (κ3) is 14.4. The fourth-order valence-corrected chi connectivity index (χ4v) is 2.21. The van der Waals surface area contributed by atoms with Gasteiger partial charge in [0, 0.05) is 0 Å². The molecule has 4 N–H and O–H groups in total. The van der Waals surface area contributed by atoms with Crippen LogP contribution in [0.5, 0.6) is 0 Å². The average Bonchev–Trinajstić information content (AvgIpc) is 2.51. The first-order chi connectivity index (χ1) is 11.0. The molecule has 0 fully saturated rings. The second-order valence-corrected chi connectivity index (χ2v) is 6.94. The van der Waals surface area contributed by atoms with Gasteiger partial charge >= 0.3 is 6.09 Å². The normalized spacial score (nSPS) is 12.0. The molecule has 0 aliphatic heterocycles. The predicted molar refractivity (Wildman–Crippen MR) is 90.9 cm³/mol. The zero-order valence-electron chi connectivity index (χ0n) is 14.2. The summed E-state index contributed by atoms with van der Waals surface area (Å²) in [5, 5.41) is 4.68. The summed E-state index contributed by atoms with van der Waals surface area (Å²) in [7, 11) is -2.22. The molecule has 0 aromatic heterocycles. The van der Waals surface area contributed by atoms with E-state index in [1.54, 1.807) is 0 Å². The van der Waals surface area contributed by atoms with E-state index >= 15 is 0 Å². The minimum Gasteiger partial charge on any atom is -0.450 e. The Hall–Kier alpha value is -0.910. The van der Waals surface area contributed by atoms with E-state index in [4.69, 9.17) is 14.5 Å². The first kappa shape index (κ1) is 22.1. The largest absolute Gasteiger partial charge is 0.450 e. The highest BCUT2D eigenvalue weighted by Gasteiger charge is 2.15. The number of hydrogen-bond acceptors (Lipinski definition) is 5. The number of amides is 2. The minimum absolute atomic E-state index is 0.246. The van der Waals surface area contributed by atoms with E-state index in [0.29, 0.717) is 6.61 Å². The van der Waals surface area contributed by atoms with Gasteiger partial charge in [0.25, 0.3) is 0 Å². The van der Waals surface area contributed by atoms with Crippen molar-refractivity contribution in [2.45, 2.75) is 71.0 Å². The Bertz CT molecular complexity index is 329. The Balaban J connectivity index is 3.45. The molecule has 136 valence electrons. The third-order valence-corrected chi connectivity index (χ3v) is 4.16. The van der Waals surface area contributed by atoms with E-state index in [1.807, 2.05) is 0 Å². The van der Waals surface area contributed by atoms with Gasteiger partial charge in [0.2, 0.25) is 5.91 Å². The number of rotatable bonds is 13. The smallest absolute Gasteiger partial charge is 0.407 e. The summed E-state index contributed by atoms with van der Waals surface area (Å²) in [4.78, 5) is 40.5. The summed E-state index contributed by atoms with van der Waals surface area (Å²) in [6.07, 6.45) is 8.72. The van der Waals surface area contributed by atoms with Crippen molar-refractivity contribution in [2.75, 3.05) is 13.2 Å². The van der Waals surface area contributed by atoms with Gasteiger partial charge in [-0.2, -0.15) is 0 Å². The van der Waals surface area contributed by atoms with E-state index in [0.717, 1.165) is 19.3 Å². The van der Waals surface area contributed by atoms with Gasteiger partial charge in [-0.25, -0.2) is 4.79 Å². The summed E-state index contributed by atoms with van der Waals surface area (Å²) in [6.45, 7) is 3.77. The molecule has 7 nitrogen and oxygen atoms in total. The number of nitrogens with one attached hydrogen (secondary N) is 2. The van der Waals surface area contributed by atoms with E-state index in [1.165, 1.54) is 39.0 Å². The lowest BCUT2D eigenvalue weighted by atomic mass is 10.1. The number of carbonyl (C=O) groups excluding carboxylic acids is 2. The molecule has 0 bridgehead atoms. The van der Waals surface area contributed by atoms with Gasteiger partial charge in [-0.3, -0.25) is 4.79 Å². The van der Waals surface area contributed by atoms with Crippen molar-refractivity contribution in [3.05, 3.63) is 0 Å². The van der Waals surface area contributed by atoms with Crippen molar-refractivity contribution >= 4 is 20.4 Å². The Morgan fingerprint density at radius 2 is 1.61 bits per heavy atom. The molecule has 0 spiro atoms. The third-order valence-electron chi connectivity index (χ3n) is 3.34. The van der Waals surface area contributed by atoms with Gasteiger partial charge in [0.05, 0.1) is 12.4 Å². The van der Waals surface area contributed by atoms with Crippen LogP contribution in [0.25, 0.3) is 0 Å². The molecule has 1 unspecified atom stereocenters. The Morgan fingerprint density at radius 3 is 2.17 bits per heavy atom. The van der Waals surface area contributed by atoms with Crippen molar-refractivity contribution in [2.24, 2.45) is 0 Å². The number of alkyl carbamates (subject to hydrolysis) is 1. The SMILES string of the molecule is CCCCCCCCCCOC(=O)NCC(=O)NC(C)P(O)O. The van der Waals surface area contributed by atoms with Crippen molar-refractivity contribution in [1.29, 1.82) is 0 Å². The number of hydrogen-bond donors (Lipinski definition) is 4. The lowest BCUT2D eigenvalue weighted by molar-refractivity contribution is -0.120. The highest BCUT2D eigenvalue weighted by molar-refractivity contribution is 7.45. The first-order valence-corrected chi connectivity index (χ1v) is 9.66. The molecule has 1 atom stereocenters. The van der Waals surface area contributed by atoms with E-state index in [-0.39, 0.29) is 6.54 Å². The molecule has 0 aliphatic carbocycles. The van der Waals surface area contributed by atoms with Crippen LogP contribution >= 0.6 is 8.38 Å². The van der Waals surface area contributed by atoms with Crippen LogP contribution in [-0.2, 0) is 9.53 Å². The molecule has 8 heteroatoms. The fraction of sp³-hybridized carbons (Fsp3) is 0.867. The molecule has 0 aromatic carbocycles. The van der Waals surface area contributed by atoms with Gasteiger partial charge in [-0.1, -0.05) is 51.9 Å². The molecular weight excluding hydrogens is 319 g/mol. The quantitative estimate of drug-likeness (QED) is 0.302. The van der Waals surface area contributed by atoms with E-state index < -0.39 is 26.2 Å². The molecule has 0 saturated heterocycles. The molecule has 2 amide bonds. The van der Waals surface area contributed by atoms with Crippen LogP contribution in [0, 0.1) is 0 Å². The lowest BCUT2D eigenvalue weighted by Crippen LogP contribution is -2.40. The molecule has 0 radical (unpaired) electrons. The minimum atomic E-state index is -2.22. The standard InChI is InChI=1S/C15H31N2O5P/c1-3-4-5-6-7-8-9-10-11-22-15(19)16-12-14(18)17-13(2)23(20)21/h13,20-21H,3-12H2,1-2H3,(H,16,19)(H,17,18). The molecule has 0 saturated carbocycles. The Labute approximate surface area is 140 Å². The van der Waals surface area contributed by atoms with Crippen LogP contribution in [0.2, 0.25) is 0 Å². The highest BCUT2D eigenvalue weighted by Crippen LogP contribution is 2.27. The molecule has 0 aliphatic rings. The van der Waals surface area contributed by atoms with Crippen molar-refractivity contribution in [1.82, 2.24) is 10.6 Å². The van der Waals surface area contributed by atoms with Crippen LogP contribution in [0.1, 0.15) is 65.2 Å². The van der Waals surface area contributed by atoms with Crippen molar-refractivity contribution in [3.63, 3.8) is 0 Å². The topological polar surface area (TPSA) is 108 Å². The zero-order chi connectivity index (χ0) is 17.5. The van der Waals surface area contributed by atoms with Crippen LogP contribution in [0.4, 0.5) is 4.79 Å².